The van der Waals surface area contributed by atoms with Crippen molar-refractivity contribution in [2.75, 3.05) is 19.6 Å². The van der Waals surface area contributed by atoms with Gasteiger partial charge in [-0.25, -0.2) is 0 Å². The van der Waals surface area contributed by atoms with E-state index < -0.39 is 5.54 Å². The second-order valence-electron chi connectivity index (χ2n) is 5.94. The molecule has 0 aromatic heterocycles. The zero-order valence-electron chi connectivity index (χ0n) is 11.7. The smallest absolute Gasteiger partial charge is 0.236 e. The number of piperidine rings is 1. The third-order valence-electron chi connectivity index (χ3n) is 3.47. The molecule has 0 unspecified atom stereocenters. The van der Waals surface area contributed by atoms with Crippen molar-refractivity contribution < 1.29 is 9.59 Å². The van der Waals surface area contributed by atoms with Gasteiger partial charge in [-0.15, -0.1) is 0 Å². The van der Waals surface area contributed by atoms with Crippen LogP contribution in [0, 0.1) is 5.92 Å². The van der Waals surface area contributed by atoms with Crippen molar-refractivity contribution in [2.24, 2.45) is 11.7 Å². The molecule has 0 aromatic carbocycles. The van der Waals surface area contributed by atoms with E-state index in [9.17, 15) is 9.59 Å². The Morgan fingerprint density at radius 2 is 1.89 bits per heavy atom. The zero-order valence-corrected chi connectivity index (χ0v) is 11.7. The molecule has 0 radical (unpaired) electrons. The highest BCUT2D eigenvalue weighted by molar-refractivity contribution is 5.79. The maximum atomic E-state index is 12.0. The van der Waals surface area contributed by atoms with Gasteiger partial charge in [-0.1, -0.05) is 6.92 Å². The fourth-order valence-electron chi connectivity index (χ4n) is 2.18. The molecular formula is C13H25N3O2. The summed E-state index contributed by atoms with van der Waals surface area (Å²) in [7, 11) is 0. The molecule has 0 atom stereocenters. The second-order valence-corrected chi connectivity index (χ2v) is 5.94. The van der Waals surface area contributed by atoms with Gasteiger partial charge < -0.3 is 16.0 Å². The fraction of sp³-hybridized carbons (Fsp3) is 0.846. The van der Waals surface area contributed by atoms with Gasteiger partial charge >= 0.3 is 0 Å². The number of hydrogen-bond acceptors (Lipinski definition) is 3. The first-order valence-electron chi connectivity index (χ1n) is 6.61. The first-order valence-corrected chi connectivity index (χ1v) is 6.61. The average Bonchev–Trinajstić information content (AvgIpc) is 2.25. The van der Waals surface area contributed by atoms with Crippen molar-refractivity contribution in [3.05, 3.63) is 0 Å². The van der Waals surface area contributed by atoms with Crippen LogP contribution in [0.3, 0.4) is 0 Å². The Bertz CT molecular complexity index is 307. The van der Waals surface area contributed by atoms with Crippen molar-refractivity contribution in [3.8, 4) is 0 Å². The van der Waals surface area contributed by atoms with E-state index in [1.807, 2.05) is 18.7 Å². The highest BCUT2D eigenvalue weighted by atomic mass is 16.2. The molecule has 1 fully saturated rings. The van der Waals surface area contributed by atoms with E-state index in [2.05, 4.69) is 12.2 Å². The van der Waals surface area contributed by atoms with Crippen LogP contribution < -0.4 is 11.1 Å². The summed E-state index contributed by atoms with van der Waals surface area (Å²) in [5.41, 5.74) is 4.74. The van der Waals surface area contributed by atoms with Crippen molar-refractivity contribution in [2.45, 2.75) is 45.6 Å². The second kappa shape index (κ2) is 6.18. The van der Waals surface area contributed by atoms with Crippen molar-refractivity contribution in [3.63, 3.8) is 0 Å². The molecule has 1 aliphatic heterocycles. The predicted molar refractivity (Wildman–Crippen MR) is 70.9 cm³/mol. The molecule has 5 nitrogen and oxygen atoms in total. The Hall–Kier alpha value is -1.10. The number of primary amides is 1. The number of amides is 2. The number of nitrogens with two attached hydrogens (primary N) is 1. The van der Waals surface area contributed by atoms with E-state index in [0.717, 1.165) is 25.9 Å². The maximum Gasteiger partial charge on any atom is 0.236 e. The van der Waals surface area contributed by atoms with Crippen LogP contribution in [0.4, 0.5) is 0 Å². The average molecular weight is 255 g/mol. The van der Waals surface area contributed by atoms with Gasteiger partial charge in [0.15, 0.2) is 0 Å². The number of likely N-dealkylation sites (tertiary alicyclic amines) is 1. The highest BCUT2D eigenvalue weighted by Gasteiger charge is 2.24. The molecule has 2 amide bonds. The minimum absolute atomic E-state index is 0.111. The molecule has 3 N–H and O–H groups in total. The van der Waals surface area contributed by atoms with E-state index in [0.29, 0.717) is 5.92 Å². The maximum absolute atomic E-state index is 12.0. The van der Waals surface area contributed by atoms with E-state index in [1.165, 1.54) is 0 Å². The van der Waals surface area contributed by atoms with Gasteiger partial charge in [0.2, 0.25) is 11.8 Å². The van der Waals surface area contributed by atoms with Gasteiger partial charge in [-0.3, -0.25) is 9.59 Å². The molecule has 5 heteroatoms. The number of carbonyl (C=O) groups is 2. The molecular weight excluding hydrogens is 230 g/mol. The van der Waals surface area contributed by atoms with E-state index in [-0.39, 0.29) is 24.8 Å². The molecule has 0 spiro atoms. The summed E-state index contributed by atoms with van der Waals surface area (Å²) in [6, 6.07) is 0. The summed E-state index contributed by atoms with van der Waals surface area (Å²) in [6.07, 6.45) is 2.39. The van der Waals surface area contributed by atoms with Crippen LogP contribution in [-0.2, 0) is 9.59 Å². The highest BCUT2D eigenvalue weighted by Crippen LogP contribution is 2.16. The standard InChI is InChI=1S/C13H25N3O2/c1-10-4-6-16(7-5-10)12(18)9-15-13(2,3)8-11(14)17/h10,15H,4-9H2,1-3H3,(H2,14,17). The van der Waals surface area contributed by atoms with Crippen molar-refractivity contribution in [1.29, 1.82) is 0 Å². The van der Waals surface area contributed by atoms with Gasteiger partial charge in [0, 0.05) is 25.0 Å². The summed E-state index contributed by atoms with van der Waals surface area (Å²) in [5, 5.41) is 3.11. The molecule has 1 aliphatic rings. The van der Waals surface area contributed by atoms with Gasteiger partial charge in [0.25, 0.3) is 0 Å². The minimum atomic E-state index is -0.426. The largest absolute Gasteiger partial charge is 0.370 e. The SMILES string of the molecule is CC1CCN(C(=O)CNC(C)(C)CC(N)=O)CC1. The summed E-state index contributed by atoms with van der Waals surface area (Å²) < 4.78 is 0. The first-order chi connectivity index (χ1) is 8.30. The number of nitrogens with zero attached hydrogens (tertiary/aromatic N) is 1. The molecule has 0 bridgehead atoms. The van der Waals surface area contributed by atoms with Gasteiger partial charge in [0.1, 0.15) is 0 Å². The predicted octanol–water partition coefficient (Wildman–Crippen LogP) is 0.489. The molecule has 1 saturated heterocycles. The van der Waals surface area contributed by atoms with E-state index >= 15 is 0 Å². The summed E-state index contributed by atoms with van der Waals surface area (Å²) >= 11 is 0. The zero-order chi connectivity index (χ0) is 13.8. The van der Waals surface area contributed by atoms with Gasteiger partial charge in [-0.05, 0) is 32.6 Å². The molecule has 0 saturated carbocycles. The number of hydrogen-bond donors (Lipinski definition) is 2. The van der Waals surface area contributed by atoms with Crippen LogP contribution >= 0.6 is 0 Å². The lowest BCUT2D eigenvalue weighted by atomic mass is 9.98. The van der Waals surface area contributed by atoms with Gasteiger partial charge in [0.05, 0.1) is 6.54 Å². The molecule has 1 heterocycles. The number of rotatable bonds is 5. The first kappa shape index (κ1) is 15.0. The van der Waals surface area contributed by atoms with Crippen molar-refractivity contribution >= 4 is 11.8 Å². The quantitative estimate of drug-likeness (QED) is 0.750. The Labute approximate surface area is 109 Å². The van der Waals surface area contributed by atoms with Gasteiger partial charge in [-0.2, -0.15) is 0 Å². The third-order valence-corrected chi connectivity index (χ3v) is 3.47. The third kappa shape index (κ3) is 5.04. The van der Waals surface area contributed by atoms with Crippen LogP contribution in [0.1, 0.15) is 40.0 Å². The van der Waals surface area contributed by atoms with Crippen LogP contribution in [0.5, 0.6) is 0 Å². The molecule has 104 valence electrons. The lowest BCUT2D eigenvalue weighted by Crippen LogP contribution is -2.49. The monoisotopic (exact) mass is 255 g/mol. The Morgan fingerprint density at radius 1 is 1.33 bits per heavy atom. The topological polar surface area (TPSA) is 75.4 Å². The number of nitrogens with one attached hydrogen (secondary N) is 1. The van der Waals surface area contributed by atoms with Crippen molar-refractivity contribution in [1.82, 2.24) is 10.2 Å². The lowest BCUT2D eigenvalue weighted by Gasteiger charge is -2.32. The Balaban J connectivity index is 2.34. The number of carbonyl (C=O) groups excluding carboxylic acids is 2. The van der Waals surface area contributed by atoms with Crippen LogP contribution in [0.15, 0.2) is 0 Å². The Kier molecular flexibility index (Phi) is 5.14. The fourth-order valence-corrected chi connectivity index (χ4v) is 2.18. The van der Waals surface area contributed by atoms with Crippen LogP contribution in [0.25, 0.3) is 0 Å². The molecule has 18 heavy (non-hydrogen) atoms. The lowest BCUT2D eigenvalue weighted by molar-refractivity contribution is -0.132. The molecule has 0 aliphatic carbocycles. The van der Waals surface area contributed by atoms with E-state index in [4.69, 9.17) is 5.73 Å². The summed E-state index contributed by atoms with van der Waals surface area (Å²) in [4.78, 5) is 24.8. The van der Waals surface area contributed by atoms with Crippen LogP contribution in [-0.4, -0.2) is 41.9 Å². The normalized spacial score (nSPS) is 17.8. The summed E-state index contributed by atoms with van der Waals surface area (Å²) in [5.74, 6) is 0.472. The summed E-state index contributed by atoms with van der Waals surface area (Å²) in [6.45, 7) is 7.94. The van der Waals surface area contributed by atoms with E-state index in [1.54, 1.807) is 0 Å². The molecule has 0 aromatic rings. The Morgan fingerprint density at radius 3 is 2.39 bits per heavy atom. The minimum Gasteiger partial charge on any atom is -0.370 e. The molecule has 1 rings (SSSR count). The van der Waals surface area contributed by atoms with Crippen LogP contribution in [0.2, 0.25) is 0 Å².